The third kappa shape index (κ3) is 5.57. The van der Waals surface area contributed by atoms with Crippen LogP contribution in [0.25, 0.3) is 0 Å². The quantitative estimate of drug-likeness (QED) is 0.403. The van der Waals surface area contributed by atoms with E-state index >= 15 is 0 Å². The van der Waals surface area contributed by atoms with Crippen molar-refractivity contribution in [2.45, 2.75) is 45.6 Å². The Kier molecular flexibility index (Phi) is 7.65. The zero-order valence-corrected chi connectivity index (χ0v) is 12.4. The summed E-state index contributed by atoms with van der Waals surface area (Å²) >= 11 is 0. The number of nitrogens with one attached hydrogen (secondary N) is 1. The third-order valence-corrected chi connectivity index (χ3v) is 3.11. The average Bonchev–Trinajstić information content (AvgIpc) is 2.43. The van der Waals surface area contributed by atoms with Crippen LogP contribution < -0.4 is 10.1 Å². The van der Waals surface area contributed by atoms with Gasteiger partial charge in [0.05, 0.1) is 11.5 Å². The molecule has 1 aromatic carbocycles. The van der Waals surface area contributed by atoms with E-state index in [1.807, 2.05) is 7.05 Å². The Balaban J connectivity index is 2.56. The summed E-state index contributed by atoms with van der Waals surface area (Å²) < 4.78 is 5.60. The van der Waals surface area contributed by atoms with Crippen LogP contribution in [0.3, 0.4) is 0 Å². The van der Waals surface area contributed by atoms with Crippen molar-refractivity contribution < 1.29 is 9.66 Å². The van der Waals surface area contributed by atoms with Gasteiger partial charge in [-0.2, -0.15) is 0 Å². The van der Waals surface area contributed by atoms with E-state index in [9.17, 15) is 10.1 Å². The van der Waals surface area contributed by atoms with Crippen LogP contribution >= 0.6 is 0 Å². The molecule has 0 spiro atoms. The van der Waals surface area contributed by atoms with Gasteiger partial charge in [0, 0.05) is 12.6 Å². The summed E-state index contributed by atoms with van der Waals surface area (Å²) in [6.45, 7) is 3.38. The number of nitro benzene ring substituents is 1. The van der Waals surface area contributed by atoms with E-state index < -0.39 is 4.92 Å². The maximum Gasteiger partial charge on any atom is 0.310 e. The summed E-state index contributed by atoms with van der Waals surface area (Å²) in [4.78, 5) is 10.6. The molecule has 1 rings (SSSR count). The summed E-state index contributed by atoms with van der Waals surface area (Å²) in [6, 6.07) is 5.02. The van der Waals surface area contributed by atoms with Gasteiger partial charge in [-0.3, -0.25) is 10.1 Å². The molecule has 0 radical (unpaired) electrons. The fourth-order valence-electron chi connectivity index (χ4n) is 2.03. The molecule has 0 aromatic heterocycles. The fourth-order valence-corrected chi connectivity index (χ4v) is 2.03. The molecule has 0 saturated carbocycles. The lowest BCUT2D eigenvalue weighted by Crippen LogP contribution is -2.06. The molecule has 0 bridgehead atoms. The summed E-state index contributed by atoms with van der Waals surface area (Å²) in [5, 5.41) is 14.0. The molecule has 0 aliphatic carbocycles. The molecule has 112 valence electrons. The standard InChI is InChI=1S/C15H24N2O3/c1-3-4-5-6-7-10-20-15-11-13(12-16-2)8-9-14(15)17(18)19/h8-9,11,16H,3-7,10,12H2,1-2H3. The Morgan fingerprint density at radius 2 is 2.00 bits per heavy atom. The van der Waals surface area contributed by atoms with Crippen molar-refractivity contribution >= 4 is 5.69 Å². The normalized spacial score (nSPS) is 10.5. The maximum absolute atomic E-state index is 11.0. The topological polar surface area (TPSA) is 64.4 Å². The molecule has 5 heteroatoms. The first-order chi connectivity index (χ1) is 9.69. The smallest absolute Gasteiger partial charge is 0.310 e. The molecule has 0 saturated heterocycles. The Morgan fingerprint density at radius 1 is 1.25 bits per heavy atom. The first-order valence-corrected chi connectivity index (χ1v) is 7.23. The molecule has 0 atom stereocenters. The van der Waals surface area contributed by atoms with Gasteiger partial charge in [-0.15, -0.1) is 0 Å². The van der Waals surface area contributed by atoms with Gasteiger partial charge < -0.3 is 10.1 Å². The van der Waals surface area contributed by atoms with Gasteiger partial charge in [0.25, 0.3) is 0 Å². The average molecular weight is 280 g/mol. The second kappa shape index (κ2) is 9.31. The molecule has 0 aliphatic heterocycles. The number of rotatable bonds is 10. The number of nitro groups is 1. The highest BCUT2D eigenvalue weighted by atomic mass is 16.6. The van der Waals surface area contributed by atoms with Crippen LogP contribution in [0.2, 0.25) is 0 Å². The lowest BCUT2D eigenvalue weighted by Gasteiger charge is -2.08. The van der Waals surface area contributed by atoms with Crippen molar-refractivity contribution in [2.24, 2.45) is 0 Å². The number of nitrogens with zero attached hydrogens (tertiary/aromatic N) is 1. The van der Waals surface area contributed by atoms with Gasteiger partial charge >= 0.3 is 5.69 Å². The van der Waals surface area contributed by atoms with Crippen LogP contribution in [0.5, 0.6) is 5.75 Å². The number of hydrogen-bond donors (Lipinski definition) is 1. The van der Waals surface area contributed by atoms with Gasteiger partial charge in [-0.25, -0.2) is 0 Å². The van der Waals surface area contributed by atoms with E-state index in [1.54, 1.807) is 12.1 Å². The van der Waals surface area contributed by atoms with Gasteiger partial charge in [0.1, 0.15) is 0 Å². The second-order valence-electron chi connectivity index (χ2n) is 4.85. The number of benzene rings is 1. The molecule has 0 aliphatic rings. The van der Waals surface area contributed by atoms with Crippen molar-refractivity contribution in [1.29, 1.82) is 0 Å². The molecule has 0 heterocycles. The zero-order valence-electron chi connectivity index (χ0n) is 12.4. The summed E-state index contributed by atoms with van der Waals surface area (Å²) in [5.41, 5.74) is 1.03. The van der Waals surface area contributed by atoms with E-state index in [0.29, 0.717) is 18.9 Å². The zero-order chi connectivity index (χ0) is 14.8. The molecular weight excluding hydrogens is 256 g/mol. The first-order valence-electron chi connectivity index (χ1n) is 7.23. The van der Waals surface area contributed by atoms with Crippen LogP contribution in [0, 0.1) is 10.1 Å². The molecule has 0 amide bonds. The minimum Gasteiger partial charge on any atom is -0.487 e. The highest BCUT2D eigenvalue weighted by Gasteiger charge is 2.15. The molecular formula is C15H24N2O3. The molecule has 20 heavy (non-hydrogen) atoms. The van der Waals surface area contributed by atoms with Crippen LogP contribution in [0.15, 0.2) is 18.2 Å². The largest absolute Gasteiger partial charge is 0.487 e. The second-order valence-corrected chi connectivity index (χ2v) is 4.85. The molecule has 5 nitrogen and oxygen atoms in total. The number of ether oxygens (including phenoxy) is 1. The van der Waals surface area contributed by atoms with Gasteiger partial charge in [0.15, 0.2) is 5.75 Å². The predicted octanol–water partition coefficient (Wildman–Crippen LogP) is 3.66. The summed E-state index contributed by atoms with van der Waals surface area (Å²) in [7, 11) is 1.84. The number of hydrogen-bond acceptors (Lipinski definition) is 4. The minimum atomic E-state index is -0.393. The van der Waals surface area contributed by atoms with E-state index in [0.717, 1.165) is 18.4 Å². The highest BCUT2D eigenvalue weighted by Crippen LogP contribution is 2.28. The van der Waals surface area contributed by atoms with Gasteiger partial charge in [-0.05, 0) is 25.1 Å². The minimum absolute atomic E-state index is 0.0402. The fraction of sp³-hybridized carbons (Fsp3) is 0.600. The molecule has 1 aromatic rings. The Labute approximate surface area is 120 Å². The third-order valence-electron chi connectivity index (χ3n) is 3.11. The number of unbranched alkanes of at least 4 members (excludes halogenated alkanes) is 4. The molecule has 0 fully saturated rings. The molecule has 0 unspecified atom stereocenters. The van der Waals surface area contributed by atoms with Gasteiger partial charge in [-0.1, -0.05) is 38.7 Å². The highest BCUT2D eigenvalue weighted by molar-refractivity contribution is 5.48. The van der Waals surface area contributed by atoms with Crippen LogP contribution in [0.4, 0.5) is 5.69 Å². The Hall–Kier alpha value is -1.62. The Morgan fingerprint density at radius 3 is 2.65 bits per heavy atom. The van der Waals surface area contributed by atoms with Crippen molar-refractivity contribution in [3.63, 3.8) is 0 Å². The SMILES string of the molecule is CCCCCCCOc1cc(CNC)ccc1[N+](=O)[O-]. The summed E-state index contributed by atoms with van der Waals surface area (Å²) in [5.74, 6) is 0.373. The Bertz CT molecular complexity index is 422. The maximum atomic E-state index is 11.0. The van der Waals surface area contributed by atoms with Crippen LogP contribution in [-0.2, 0) is 6.54 Å². The van der Waals surface area contributed by atoms with Crippen LogP contribution in [0.1, 0.15) is 44.6 Å². The van der Waals surface area contributed by atoms with Crippen molar-refractivity contribution in [2.75, 3.05) is 13.7 Å². The first kappa shape index (κ1) is 16.4. The predicted molar refractivity (Wildman–Crippen MR) is 80.1 cm³/mol. The van der Waals surface area contributed by atoms with E-state index in [2.05, 4.69) is 12.2 Å². The van der Waals surface area contributed by atoms with Crippen LogP contribution in [-0.4, -0.2) is 18.6 Å². The van der Waals surface area contributed by atoms with E-state index in [4.69, 9.17) is 4.74 Å². The summed E-state index contributed by atoms with van der Waals surface area (Å²) in [6.07, 6.45) is 5.68. The van der Waals surface area contributed by atoms with E-state index in [1.165, 1.54) is 25.3 Å². The monoisotopic (exact) mass is 280 g/mol. The van der Waals surface area contributed by atoms with Gasteiger partial charge in [0.2, 0.25) is 0 Å². The lowest BCUT2D eigenvalue weighted by atomic mass is 10.1. The molecule has 1 N–H and O–H groups in total. The van der Waals surface area contributed by atoms with Crippen molar-refractivity contribution in [1.82, 2.24) is 5.32 Å². The van der Waals surface area contributed by atoms with Crippen molar-refractivity contribution in [3.8, 4) is 5.75 Å². The van der Waals surface area contributed by atoms with Crippen molar-refractivity contribution in [3.05, 3.63) is 33.9 Å². The van der Waals surface area contributed by atoms with E-state index in [-0.39, 0.29) is 5.69 Å². The lowest BCUT2D eigenvalue weighted by molar-refractivity contribution is -0.385.